The number of hydrogen-bond donors (Lipinski definition) is 1. The molecule has 2 aromatic rings. The van der Waals surface area contributed by atoms with E-state index in [9.17, 15) is 9.59 Å². The number of pyridine rings is 1. The van der Waals surface area contributed by atoms with Crippen LogP contribution in [0.4, 0.5) is 0 Å². The summed E-state index contributed by atoms with van der Waals surface area (Å²) in [6.07, 6.45) is 6.67. The third-order valence-electron chi connectivity index (χ3n) is 5.90. The lowest BCUT2D eigenvalue weighted by Gasteiger charge is -2.34. The van der Waals surface area contributed by atoms with Crippen LogP contribution in [0.2, 0.25) is 5.02 Å². The van der Waals surface area contributed by atoms with Crippen LogP contribution >= 0.6 is 11.6 Å². The van der Waals surface area contributed by atoms with Gasteiger partial charge in [0.2, 0.25) is 11.8 Å². The van der Waals surface area contributed by atoms with Crippen molar-refractivity contribution in [2.45, 2.75) is 37.6 Å². The van der Waals surface area contributed by atoms with Crippen LogP contribution in [0.3, 0.4) is 0 Å². The molecule has 28 heavy (non-hydrogen) atoms. The maximum atomic E-state index is 13.1. The fourth-order valence-electron chi connectivity index (χ4n) is 4.00. The fraction of sp³-hybridized carbons (Fsp3) is 0.409. The number of benzene rings is 1. The van der Waals surface area contributed by atoms with E-state index in [1.54, 1.807) is 12.4 Å². The van der Waals surface area contributed by atoms with E-state index in [4.69, 9.17) is 11.6 Å². The van der Waals surface area contributed by atoms with Gasteiger partial charge in [-0.2, -0.15) is 0 Å². The number of nitrogens with one attached hydrogen (secondary N) is 1. The highest BCUT2D eigenvalue weighted by Gasteiger charge is 2.53. The molecule has 1 saturated carbocycles. The van der Waals surface area contributed by atoms with E-state index in [1.165, 1.54) is 0 Å². The molecule has 5 nitrogen and oxygen atoms in total. The molecule has 6 heteroatoms. The molecule has 2 heterocycles. The van der Waals surface area contributed by atoms with Gasteiger partial charge in [-0.05, 0) is 55.0 Å². The Morgan fingerprint density at radius 1 is 1.14 bits per heavy atom. The van der Waals surface area contributed by atoms with Gasteiger partial charge in [-0.3, -0.25) is 14.6 Å². The van der Waals surface area contributed by atoms with Crippen LogP contribution in [0, 0.1) is 5.92 Å². The van der Waals surface area contributed by atoms with Gasteiger partial charge in [0.25, 0.3) is 0 Å². The Morgan fingerprint density at radius 2 is 1.86 bits per heavy atom. The first-order valence-electron chi connectivity index (χ1n) is 9.80. The number of halogens is 1. The second kappa shape index (κ2) is 7.92. The summed E-state index contributed by atoms with van der Waals surface area (Å²) in [5.41, 5.74) is 1.67. The van der Waals surface area contributed by atoms with Crippen molar-refractivity contribution in [1.29, 1.82) is 0 Å². The highest BCUT2D eigenvalue weighted by molar-refractivity contribution is 6.30. The maximum Gasteiger partial charge on any atom is 0.233 e. The van der Waals surface area contributed by atoms with Crippen molar-refractivity contribution < 1.29 is 9.59 Å². The van der Waals surface area contributed by atoms with Crippen molar-refractivity contribution in [2.75, 3.05) is 13.1 Å². The zero-order chi connectivity index (χ0) is 19.6. The van der Waals surface area contributed by atoms with Crippen LogP contribution in [0.25, 0.3) is 0 Å². The van der Waals surface area contributed by atoms with Crippen LogP contribution in [0.15, 0.2) is 48.8 Å². The Hall–Kier alpha value is -2.40. The minimum atomic E-state index is -0.375. The topological polar surface area (TPSA) is 62.3 Å². The molecule has 1 saturated heterocycles. The zero-order valence-electron chi connectivity index (χ0n) is 15.7. The van der Waals surface area contributed by atoms with Gasteiger partial charge in [-0.15, -0.1) is 0 Å². The van der Waals surface area contributed by atoms with E-state index in [-0.39, 0.29) is 23.1 Å². The molecule has 2 amide bonds. The van der Waals surface area contributed by atoms with Crippen LogP contribution in [-0.4, -0.2) is 34.8 Å². The van der Waals surface area contributed by atoms with Crippen molar-refractivity contribution in [3.8, 4) is 0 Å². The Labute approximate surface area is 170 Å². The number of likely N-dealkylation sites (tertiary alicyclic amines) is 1. The van der Waals surface area contributed by atoms with Gasteiger partial charge < -0.3 is 10.2 Å². The summed E-state index contributed by atoms with van der Waals surface area (Å²) in [6.45, 7) is 1.77. The van der Waals surface area contributed by atoms with Gasteiger partial charge >= 0.3 is 0 Å². The van der Waals surface area contributed by atoms with Crippen molar-refractivity contribution in [1.82, 2.24) is 15.2 Å². The first-order chi connectivity index (χ1) is 13.6. The summed E-state index contributed by atoms with van der Waals surface area (Å²) in [7, 11) is 0. The zero-order valence-corrected chi connectivity index (χ0v) is 16.5. The quantitative estimate of drug-likeness (QED) is 0.841. The number of carbonyl (C=O) groups is 2. The van der Waals surface area contributed by atoms with Crippen LogP contribution in [-0.2, 0) is 21.5 Å². The number of aromatic nitrogens is 1. The molecule has 0 radical (unpaired) electrons. The third kappa shape index (κ3) is 3.90. The predicted molar refractivity (Wildman–Crippen MR) is 108 cm³/mol. The van der Waals surface area contributed by atoms with Gasteiger partial charge in [-0.1, -0.05) is 29.8 Å². The van der Waals surface area contributed by atoms with Crippen LogP contribution in [0.1, 0.15) is 36.8 Å². The van der Waals surface area contributed by atoms with Crippen LogP contribution < -0.4 is 5.32 Å². The highest BCUT2D eigenvalue weighted by Crippen LogP contribution is 2.50. The van der Waals surface area contributed by atoms with E-state index < -0.39 is 0 Å². The average Bonchev–Trinajstić information content (AvgIpc) is 3.55. The number of hydrogen-bond acceptors (Lipinski definition) is 3. The van der Waals surface area contributed by atoms with Gasteiger partial charge in [0.05, 0.1) is 5.41 Å². The molecule has 4 rings (SSSR count). The van der Waals surface area contributed by atoms with Gasteiger partial charge in [0.1, 0.15) is 0 Å². The summed E-state index contributed by atoms with van der Waals surface area (Å²) in [4.78, 5) is 31.6. The van der Waals surface area contributed by atoms with Crippen molar-refractivity contribution in [3.05, 3.63) is 64.9 Å². The second-order valence-corrected chi connectivity index (χ2v) is 8.17. The monoisotopic (exact) mass is 397 g/mol. The molecular weight excluding hydrogens is 374 g/mol. The number of amides is 2. The van der Waals surface area contributed by atoms with Crippen LogP contribution in [0.5, 0.6) is 0 Å². The Morgan fingerprint density at radius 3 is 2.46 bits per heavy atom. The standard InChI is InChI=1S/C22H24ClN3O2/c23-19-5-3-18(4-6-19)22(9-10-22)21(28)26-12-7-17(8-13-26)20(27)25-15-16-2-1-11-24-14-16/h1-6,11,14,17H,7-10,12-13,15H2,(H,25,27). The highest BCUT2D eigenvalue weighted by atomic mass is 35.5. The largest absolute Gasteiger partial charge is 0.352 e. The molecule has 1 aliphatic carbocycles. The smallest absolute Gasteiger partial charge is 0.233 e. The average molecular weight is 398 g/mol. The normalized spacial score (nSPS) is 18.5. The van der Waals surface area contributed by atoms with Gasteiger partial charge in [0, 0.05) is 43.0 Å². The first kappa shape index (κ1) is 18.9. The number of rotatable bonds is 5. The van der Waals surface area contributed by atoms with Crippen molar-refractivity contribution in [2.24, 2.45) is 5.92 Å². The van der Waals surface area contributed by atoms with E-state index in [0.717, 1.165) is 24.0 Å². The molecule has 1 aromatic heterocycles. The van der Waals surface area contributed by atoms with Crippen molar-refractivity contribution in [3.63, 3.8) is 0 Å². The second-order valence-electron chi connectivity index (χ2n) is 7.73. The molecule has 0 atom stereocenters. The predicted octanol–water partition coefficient (Wildman–Crippen LogP) is 3.32. The Balaban J connectivity index is 1.31. The minimum absolute atomic E-state index is 0.0357. The molecule has 0 bridgehead atoms. The van der Waals surface area contributed by atoms with E-state index in [2.05, 4.69) is 10.3 Å². The van der Waals surface area contributed by atoms with E-state index in [1.807, 2.05) is 41.3 Å². The lowest BCUT2D eigenvalue weighted by molar-refractivity contribution is -0.137. The molecule has 2 fully saturated rings. The third-order valence-corrected chi connectivity index (χ3v) is 6.15. The summed E-state index contributed by atoms with van der Waals surface area (Å²) in [5, 5.41) is 3.68. The summed E-state index contributed by atoms with van der Waals surface area (Å²) < 4.78 is 0. The molecular formula is C22H24ClN3O2. The Bertz CT molecular complexity index is 842. The lowest BCUT2D eigenvalue weighted by Crippen LogP contribution is -2.46. The summed E-state index contributed by atoms with van der Waals surface area (Å²) >= 11 is 5.98. The summed E-state index contributed by atoms with van der Waals surface area (Å²) in [5.74, 6) is 0.227. The number of nitrogens with zero attached hydrogens (tertiary/aromatic N) is 2. The molecule has 0 unspecified atom stereocenters. The summed E-state index contributed by atoms with van der Waals surface area (Å²) in [6, 6.07) is 11.4. The van der Waals surface area contributed by atoms with E-state index in [0.29, 0.717) is 37.5 Å². The lowest BCUT2D eigenvalue weighted by atomic mass is 9.91. The molecule has 1 aromatic carbocycles. The number of carbonyl (C=O) groups excluding carboxylic acids is 2. The molecule has 0 spiro atoms. The van der Waals surface area contributed by atoms with Gasteiger partial charge in [-0.25, -0.2) is 0 Å². The van der Waals surface area contributed by atoms with Crippen molar-refractivity contribution >= 4 is 23.4 Å². The first-order valence-corrected chi connectivity index (χ1v) is 10.2. The SMILES string of the molecule is O=C(NCc1cccnc1)C1CCN(C(=O)C2(c3ccc(Cl)cc3)CC2)CC1. The Kier molecular flexibility index (Phi) is 5.36. The molecule has 2 aliphatic rings. The minimum Gasteiger partial charge on any atom is -0.352 e. The maximum absolute atomic E-state index is 13.1. The van der Waals surface area contributed by atoms with E-state index >= 15 is 0 Å². The fourth-order valence-corrected chi connectivity index (χ4v) is 4.13. The molecule has 146 valence electrons. The number of piperidine rings is 1. The van der Waals surface area contributed by atoms with Gasteiger partial charge in [0.15, 0.2) is 0 Å². The molecule has 1 N–H and O–H groups in total. The molecule has 1 aliphatic heterocycles.